The first-order chi connectivity index (χ1) is 5.61. The molecule has 70 valence electrons. The predicted octanol–water partition coefficient (Wildman–Crippen LogP) is 0.258. The third-order valence-electron chi connectivity index (χ3n) is 2.43. The van der Waals surface area contributed by atoms with Crippen molar-refractivity contribution in [3.05, 3.63) is 0 Å². The third kappa shape index (κ3) is 2.29. The van der Waals surface area contributed by atoms with Gasteiger partial charge in [0.1, 0.15) is 5.78 Å². The van der Waals surface area contributed by atoms with Crippen molar-refractivity contribution in [2.24, 2.45) is 0 Å². The molecule has 0 aromatic heterocycles. The number of piperazine rings is 1. The van der Waals surface area contributed by atoms with Crippen molar-refractivity contribution in [3.8, 4) is 0 Å². The number of Topliss-reactive ketones (excluding diaryl/α,β-unsaturated/α-hetero) is 1. The summed E-state index contributed by atoms with van der Waals surface area (Å²) in [5.74, 6) is 0.250. The van der Waals surface area contributed by atoms with Crippen LogP contribution in [0.25, 0.3) is 0 Å². The molecule has 3 heteroatoms. The van der Waals surface area contributed by atoms with Crippen LogP contribution < -0.4 is 5.32 Å². The fourth-order valence-electron chi connectivity index (χ4n) is 1.51. The van der Waals surface area contributed by atoms with Gasteiger partial charge in [-0.25, -0.2) is 0 Å². The molecule has 0 radical (unpaired) electrons. The van der Waals surface area contributed by atoms with Gasteiger partial charge in [0, 0.05) is 25.7 Å². The van der Waals surface area contributed by atoms with E-state index in [1.165, 1.54) is 0 Å². The standard InChI is InChI=1S/C9H18N2O/c1-7(2)11-5-4-10-9(6-11)8(3)12/h7,9-10H,4-6H2,1-3H3/t9-/m1/s1. The summed E-state index contributed by atoms with van der Waals surface area (Å²) in [5.41, 5.74) is 0. The Hall–Kier alpha value is -0.410. The summed E-state index contributed by atoms with van der Waals surface area (Å²) < 4.78 is 0. The molecule has 0 bridgehead atoms. The summed E-state index contributed by atoms with van der Waals surface area (Å²) in [7, 11) is 0. The average molecular weight is 170 g/mol. The molecule has 3 nitrogen and oxygen atoms in total. The van der Waals surface area contributed by atoms with Crippen LogP contribution in [0, 0.1) is 0 Å². The first-order valence-corrected chi connectivity index (χ1v) is 4.59. The maximum Gasteiger partial charge on any atom is 0.147 e. The van der Waals surface area contributed by atoms with Crippen molar-refractivity contribution in [1.82, 2.24) is 10.2 Å². The number of ketones is 1. The second kappa shape index (κ2) is 4.01. The van der Waals surface area contributed by atoms with Gasteiger partial charge in [-0.3, -0.25) is 9.69 Å². The molecule has 1 aliphatic heterocycles. The highest BCUT2D eigenvalue weighted by Gasteiger charge is 2.23. The lowest BCUT2D eigenvalue weighted by Crippen LogP contribution is -2.55. The maximum atomic E-state index is 11.1. The zero-order valence-electron chi connectivity index (χ0n) is 8.13. The minimum absolute atomic E-state index is 0.0566. The summed E-state index contributed by atoms with van der Waals surface area (Å²) in [5, 5.41) is 3.21. The van der Waals surface area contributed by atoms with Gasteiger partial charge in [0.25, 0.3) is 0 Å². The van der Waals surface area contributed by atoms with Gasteiger partial charge in [0.05, 0.1) is 6.04 Å². The Morgan fingerprint density at radius 2 is 2.25 bits per heavy atom. The monoisotopic (exact) mass is 170 g/mol. The topological polar surface area (TPSA) is 32.3 Å². The highest BCUT2D eigenvalue weighted by atomic mass is 16.1. The van der Waals surface area contributed by atoms with E-state index in [1.807, 2.05) is 0 Å². The molecule has 1 fully saturated rings. The van der Waals surface area contributed by atoms with Gasteiger partial charge < -0.3 is 5.32 Å². The van der Waals surface area contributed by atoms with Crippen LogP contribution in [0.15, 0.2) is 0 Å². The number of hydrogen-bond acceptors (Lipinski definition) is 3. The van der Waals surface area contributed by atoms with Gasteiger partial charge in [-0.1, -0.05) is 0 Å². The Morgan fingerprint density at radius 1 is 1.58 bits per heavy atom. The molecular weight excluding hydrogens is 152 g/mol. The number of hydrogen-bond donors (Lipinski definition) is 1. The summed E-state index contributed by atoms with van der Waals surface area (Å²) in [6.45, 7) is 8.85. The maximum absolute atomic E-state index is 11.1. The zero-order chi connectivity index (χ0) is 9.14. The van der Waals surface area contributed by atoms with Gasteiger partial charge in [-0.2, -0.15) is 0 Å². The van der Waals surface area contributed by atoms with Crippen molar-refractivity contribution in [2.45, 2.75) is 32.9 Å². The minimum atomic E-state index is 0.0566. The van der Waals surface area contributed by atoms with Crippen LogP contribution in [-0.4, -0.2) is 42.4 Å². The van der Waals surface area contributed by atoms with Crippen molar-refractivity contribution >= 4 is 5.78 Å². The molecule has 0 aromatic rings. The summed E-state index contributed by atoms with van der Waals surface area (Å²) in [6, 6.07) is 0.607. The van der Waals surface area contributed by atoms with E-state index < -0.39 is 0 Å². The van der Waals surface area contributed by atoms with Gasteiger partial charge in [-0.15, -0.1) is 0 Å². The summed E-state index contributed by atoms with van der Waals surface area (Å²) in [6.07, 6.45) is 0. The van der Waals surface area contributed by atoms with Crippen LogP contribution in [0.5, 0.6) is 0 Å². The smallest absolute Gasteiger partial charge is 0.147 e. The molecule has 1 aliphatic rings. The van der Waals surface area contributed by atoms with Gasteiger partial charge >= 0.3 is 0 Å². The Labute approximate surface area is 74.1 Å². The van der Waals surface area contributed by atoms with Crippen LogP contribution >= 0.6 is 0 Å². The van der Waals surface area contributed by atoms with E-state index in [9.17, 15) is 4.79 Å². The van der Waals surface area contributed by atoms with E-state index in [0.29, 0.717) is 6.04 Å². The van der Waals surface area contributed by atoms with Crippen molar-refractivity contribution in [1.29, 1.82) is 0 Å². The molecule has 1 saturated heterocycles. The molecule has 0 saturated carbocycles. The number of rotatable bonds is 2. The molecule has 1 N–H and O–H groups in total. The Balaban J connectivity index is 2.46. The van der Waals surface area contributed by atoms with E-state index in [-0.39, 0.29) is 11.8 Å². The first-order valence-electron chi connectivity index (χ1n) is 4.59. The Bertz CT molecular complexity index is 168. The van der Waals surface area contributed by atoms with Crippen molar-refractivity contribution in [2.75, 3.05) is 19.6 Å². The second-order valence-electron chi connectivity index (χ2n) is 3.71. The van der Waals surface area contributed by atoms with Crippen LogP contribution in [-0.2, 0) is 4.79 Å². The molecule has 0 amide bonds. The molecule has 0 spiro atoms. The fraction of sp³-hybridized carbons (Fsp3) is 0.889. The Kier molecular flexibility index (Phi) is 3.23. The normalized spacial score (nSPS) is 26.2. The first kappa shape index (κ1) is 9.68. The van der Waals surface area contributed by atoms with E-state index >= 15 is 0 Å². The van der Waals surface area contributed by atoms with Crippen molar-refractivity contribution in [3.63, 3.8) is 0 Å². The number of nitrogens with zero attached hydrogens (tertiary/aromatic N) is 1. The predicted molar refractivity (Wildman–Crippen MR) is 49.2 cm³/mol. The highest BCUT2D eigenvalue weighted by molar-refractivity contribution is 5.81. The molecule has 0 aromatic carbocycles. The van der Waals surface area contributed by atoms with Gasteiger partial charge in [0.2, 0.25) is 0 Å². The quantitative estimate of drug-likeness (QED) is 0.645. The zero-order valence-corrected chi connectivity index (χ0v) is 8.13. The van der Waals surface area contributed by atoms with Crippen LogP contribution in [0.1, 0.15) is 20.8 Å². The van der Waals surface area contributed by atoms with Crippen LogP contribution in [0.2, 0.25) is 0 Å². The lowest BCUT2D eigenvalue weighted by atomic mass is 10.1. The highest BCUT2D eigenvalue weighted by Crippen LogP contribution is 2.04. The third-order valence-corrected chi connectivity index (χ3v) is 2.43. The summed E-state index contributed by atoms with van der Waals surface area (Å²) in [4.78, 5) is 13.4. The van der Waals surface area contributed by atoms with Crippen LogP contribution in [0.3, 0.4) is 0 Å². The van der Waals surface area contributed by atoms with Gasteiger partial charge in [-0.05, 0) is 20.8 Å². The minimum Gasteiger partial charge on any atom is -0.305 e. The molecule has 1 rings (SSSR count). The number of carbonyl (C=O) groups is 1. The summed E-state index contributed by atoms with van der Waals surface area (Å²) >= 11 is 0. The number of carbonyl (C=O) groups excluding carboxylic acids is 1. The Morgan fingerprint density at radius 3 is 2.75 bits per heavy atom. The number of nitrogens with one attached hydrogen (secondary N) is 1. The lowest BCUT2D eigenvalue weighted by Gasteiger charge is -2.35. The van der Waals surface area contributed by atoms with Gasteiger partial charge in [0.15, 0.2) is 0 Å². The average Bonchev–Trinajstić information content (AvgIpc) is 2.04. The molecule has 0 aliphatic carbocycles. The molecular formula is C9H18N2O. The SMILES string of the molecule is CC(=O)[C@H]1CN(C(C)C)CCN1. The molecule has 1 heterocycles. The lowest BCUT2D eigenvalue weighted by molar-refractivity contribution is -0.120. The van der Waals surface area contributed by atoms with Crippen LogP contribution in [0.4, 0.5) is 0 Å². The van der Waals surface area contributed by atoms with E-state index in [0.717, 1.165) is 19.6 Å². The largest absolute Gasteiger partial charge is 0.305 e. The molecule has 1 atom stereocenters. The molecule has 12 heavy (non-hydrogen) atoms. The van der Waals surface area contributed by atoms with E-state index in [1.54, 1.807) is 6.92 Å². The second-order valence-corrected chi connectivity index (χ2v) is 3.71. The van der Waals surface area contributed by atoms with Crippen molar-refractivity contribution < 1.29 is 4.79 Å². The van der Waals surface area contributed by atoms with E-state index in [4.69, 9.17) is 0 Å². The fourth-order valence-corrected chi connectivity index (χ4v) is 1.51. The van der Waals surface area contributed by atoms with E-state index in [2.05, 4.69) is 24.1 Å². The molecule has 0 unspecified atom stereocenters.